The van der Waals surface area contributed by atoms with Crippen molar-refractivity contribution < 1.29 is 4.79 Å². The van der Waals surface area contributed by atoms with Gasteiger partial charge in [-0.05, 0) is 38.6 Å². The van der Waals surface area contributed by atoms with Crippen molar-refractivity contribution in [3.8, 4) is 0 Å². The summed E-state index contributed by atoms with van der Waals surface area (Å²) in [6, 6.07) is 0.631. The fraction of sp³-hybridized carbons (Fsp3) is 0.714. The molecule has 1 saturated carbocycles. The second kappa shape index (κ2) is 7.28. The largest absolute Gasteiger partial charge is 0.351 e. The Bertz CT molecular complexity index is 377. The quantitative estimate of drug-likeness (QED) is 0.735. The molecular formula is C14H24N4O. The van der Waals surface area contributed by atoms with Gasteiger partial charge in [-0.15, -0.1) is 0 Å². The van der Waals surface area contributed by atoms with Gasteiger partial charge in [-0.1, -0.05) is 6.42 Å². The predicted octanol–water partition coefficient (Wildman–Crippen LogP) is 1.61. The molecule has 106 valence electrons. The average Bonchev–Trinajstić information content (AvgIpc) is 3.04. The van der Waals surface area contributed by atoms with Gasteiger partial charge in [0.2, 0.25) is 5.91 Å². The zero-order chi connectivity index (χ0) is 13.5. The molecular weight excluding hydrogens is 240 g/mol. The fourth-order valence-electron chi connectivity index (χ4n) is 2.82. The highest BCUT2D eigenvalue weighted by Gasteiger charge is 2.29. The molecule has 1 aliphatic carbocycles. The smallest absolute Gasteiger partial charge is 0.220 e. The van der Waals surface area contributed by atoms with Crippen LogP contribution in [0.5, 0.6) is 0 Å². The van der Waals surface area contributed by atoms with Crippen LogP contribution in [0.3, 0.4) is 0 Å². The average molecular weight is 264 g/mol. The summed E-state index contributed by atoms with van der Waals surface area (Å²) in [6.45, 7) is 0.715. The molecule has 2 rings (SSSR count). The van der Waals surface area contributed by atoms with Gasteiger partial charge in [0, 0.05) is 24.9 Å². The maximum Gasteiger partial charge on any atom is 0.220 e. The van der Waals surface area contributed by atoms with Crippen LogP contribution < -0.4 is 11.1 Å². The number of carbonyl (C=O) groups is 1. The lowest BCUT2D eigenvalue weighted by atomic mass is 10.1. The van der Waals surface area contributed by atoms with E-state index in [0.29, 0.717) is 19.0 Å². The molecule has 1 aromatic heterocycles. The van der Waals surface area contributed by atoms with E-state index in [0.717, 1.165) is 32.1 Å². The van der Waals surface area contributed by atoms with E-state index in [9.17, 15) is 4.79 Å². The van der Waals surface area contributed by atoms with E-state index < -0.39 is 0 Å². The number of aromatic nitrogens is 2. The van der Waals surface area contributed by atoms with Gasteiger partial charge in [-0.25, -0.2) is 4.98 Å². The topological polar surface area (TPSA) is 72.9 Å². The van der Waals surface area contributed by atoms with Gasteiger partial charge >= 0.3 is 0 Å². The molecule has 5 nitrogen and oxygen atoms in total. The number of nitrogens with two attached hydrogens (primary N) is 1. The van der Waals surface area contributed by atoms with Crippen LogP contribution in [0.1, 0.15) is 51.0 Å². The number of nitrogens with one attached hydrogen (secondary N) is 1. The highest BCUT2D eigenvalue weighted by atomic mass is 16.1. The minimum absolute atomic E-state index is 0.175. The monoisotopic (exact) mass is 264 g/mol. The predicted molar refractivity (Wildman–Crippen MR) is 74.6 cm³/mol. The third-order valence-electron chi connectivity index (χ3n) is 3.84. The number of nitrogens with zero attached hydrogens (tertiary/aromatic N) is 2. The molecule has 5 heteroatoms. The van der Waals surface area contributed by atoms with Gasteiger partial charge < -0.3 is 15.6 Å². The molecule has 0 spiro atoms. The van der Waals surface area contributed by atoms with Gasteiger partial charge in [0.05, 0.1) is 12.4 Å². The first kappa shape index (κ1) is 14.1. The van der Waals surface area contributed by atoms with E-state index >= 15 is 0 Å². The summed E-state index contributed by atoms with van der Waals surface area (Å²) < 4.78 is 2.12. The van der Waals surface area contributed by atoms with E-state index in [4.69, 9.17) is 5.73 Å². The second-order valence-corrected chi connectivity index (χ2v) is 5.28. The number of hydrogen-bond donors (Lipinski definition) is 2. The summed E-state index contributed by atoms with van der Waals surface area (Å²) in [6.07, 6.45) is 12.6. The van der Waals surface area contributed by atoms with Crippen LogP contribution in [-0.2, 0) is 4.79 Å². The zero-order valence-electron chi connectivity index (χ0n) is 11.4. The molecule has 0 radical (unpaired) electrons. The first-order valence-electron chi connectivity index (χ1n) is 7.28. The van der Waals surface area contributed by atoms with Gasteiger partial charge in [0.15, 0.2) is 0 Å². The lowest BCUT2D eigenvalue weighted by molar-refractivity contribution is -0.122. The van der Waals surface area contributed by atoms with Gasteiger partial charge in [-0.2, -0.15) is 0 Å². The number of unbranched alkanes of at least 4 members (excludes halogenated alkanes) is 2. The summed E-state index contributed by atoms with van der Waals surface area (Å²) in [5.41, 5.74) is 5.44. The number of imidazole rings is 1. The Hall–Kier alpha value is -1.36. The van der Waals surface area contributed by atoms with E-state index in [1.54, 1.807) is 6.20 Å². The van der Waals surface area contributed by atoms with Crippen LogP contribution in [0.15, 0.2) is 18.7 Å². The van der Waals surface area contributed by atoms with Crippen LogP contribution in [0.25, 0.3) is 0 Å². The number of rotatable bonds is 7. The van der Waals surface area contributed by atoms with Gasteiger partial charge in [0.1, 0.15) is 0 Å². The molecule has 1 fully saturated rings. The molecule has 0 aromatic carbocycles. The third-order valence-corrected chi connectivity index (χ3v) is 3.84. The minimum atomic E-state index is 0.175. The van der Waals surface area contributed by atoms with E-state index in [1.807, 2.05) is 12.5 Å². The Morgan fingerprint density at radius 2 is 2.26 bits per heavy atom. The third kappa shape index (κ3) is 4.06. The first-order chi connectivity index (χ1) is 9.31. The van der Waals surface area contributed by atoms with Crippen molar-refractivity contribution in [2.45, 2.75) is 57.0 Å². The second-order valence-electron chi connectivity index (χ2n) is 5.28. The van der Waals surface area contributed by atoms with Crippen molar-refractivity contribution in [2.24, 2.45) is 5.73 Å². The summed E-state index contributed by atoms with van der Waals surface area (Å²) in [7, 11) is 0. The SMILES string of the molecule is NCCCCCC(=O)NC1CCCC1n1ccnc1. The molecule has 2 unspecified atom stereocenters. The van der Waals surface area contributed by atoms with Crippen molar-refractivity contribution in [3.63, 3.8) is 0 Å². The lowest BCUT2D eigenvalue weighted by Gasteiger charge is -2.22. The maximum absolute atomic E-state index is 11.9. The highest BCUT2D eigenvalue weighted by Crippen LogP contribution is 2.29. The zero-order valence-corrected chi connectivity index (χ0v) is 11.4. The normalized spacial score (nSPS) is 22.6. The number of amides is 1. The van der Waals surface area contributed by atoms with Crippen molar-refractivity contribution >= 4 is 5.91 Å². The van der Waals surface area contributed by atoms with Crippen molar-refractivity contribution in [1.82, 2.24) is 14.9 Å². The summed E-state index contributed by atoms with van der Waals surface area (Å²) in [4.78, 5) is 16.0. The number of hydrogen-bond acceptors (Lipinski definition) is 3. The Labute approximate surface area is 114 Å². The molecule has 1 amide bonds. The number of carbonyl (C=O) groups excluding carboxylic acids is 1. The maximum atomic E-state index is 11.9. The molecule has 1 aliphatic rings. The minimum Gasteiger partial charge on any atom is -0.351 e. The molecule has 1 aromatic rings. The van der Waals surface area contributed by atoms with E-state index in [-0.39, 0.29) is 11.9 Å². The van der Waals surface area contributed by atoms with Crippen molar-refractivity contribution in [3.05, 3.63) is 18.7 Å². The van der Waals surface area contributed by atoms with Crippen LogP contribution >= 0.6 is 0 Å². The summed E-state index contributed by atoms with van der Waals surface area (Å²) in [5, 5.41) is 3.18. The molecule has 0 saturated heterocycles. The Morgan fingerprint density at radius 1 is 1.37 bits per heavy atom. The molecule has 0 aliphatic heterocycles. The van der Waals surface area contributed by atoms with Crippen LogP contribution in [0.2, 0.25) is 0 Å². The molecule has 2 atom stereocenters. The highest BCUT2D eigenvalue weighted by molar-refractivity contribution is 5.76. The molecule has 3 N–H and O–H groups in total. The lowest BCUT2D eigenvalue weighted by Crippen LogP contribution is -2.38. The summed E-state index contributed by atoms with van der Waals surface area (Å²) >= 11 is 0. The molecule has 1 heterocycles. The van der Waals surface area contributed by atoms with Crippen molar-refractivity contribution in [2.75, 3.05) is 6.54 Å². The van der Waals surface area contributed by atoms with Crippen LogP contribution in [0, 0.1) is 0 Å². The van der Waals surface area contributed by atoms with Gasteiger partial charge in [0.25, 0.3) is 0 Å². The fourth-order valence-corrected chi connectivity index (χ4v) is 2.82. The van der Waals surface area contributed by atoms with Crippen molar-refractivity contribution in [1.29, 1.82) is 0 Å². The standard InChI is InChI=1S/C14H24N4O/c15-8-3-1-2-7-14(19)17-12-5-4-6-13(12)18-10-9-16-11-18/h9-13H,1-8,15H2,(H,17,19). The van der Waals surface area contributed by atoms with Crippen LogP contribution in [0.4, 0.5) is 0 Å². The molecule has 19 heavy (non-hydrogen) atoms. The Kier molecular flexibility index (Phi) is 5.39. The van der Waals surface area contributed by atoms with Crippen LogP contribution in [-0.4, -0.2) is 28.0 Å². The van der Waals surface area contributed by atoms with E-state index in [1.165, 1.54) is 6.42 Å². The Morgan fingerprint density at radius 3 is 3.00 bits per heavy atom. The van der Waals surface area contributed by atoms with E-state index in [2.05, 4.69) is 14.9 Å². The Balaban J connectivity index is 1.76. The first-order valence-corrected chi connectivity index (χ1v) is 7.28. The van der Waals surface area contributed by atoms with Gasteiger partial charge in [-0.3, -0.25) is 4.79 Å². The summed E-state index contributed by atoms with van der Waals surface area (Å²) in [5.74, 6) is 0.175. The molecule has 0 bridgehead atoms.